The van der Waals surface area contributed by atoms with Gasteiger partial charge in [0.15, 0.2) is 0 Å². The van der Waals surface area contributed by atoms with Gasteiger partial charge in [0.05, 0.1) is 17.3 Å². The summed E-state index contributed by atoms with van der Waals surface area (Å²) >= 11 is 0. The van der Waals surface area contributed by atoms with Crippen LogP contribution in [0.5, 0.6) is 0 Å². The van der Waals surface area contributed by atoms with E-state index in [9.17, 15) is 14.4 Å². The monoisotopic (exact) mass is 343 g/mol. The molecular formula is C18H21N3O4. The van der Waals surface area contributed by atoms with Gasteiger partial charge < -0.3 is 4.84 Å². The molecule has 0 N–H and O–H groups in total. The highest BCUT2D eigenvalue weighted by Crippen LogP contribution is 2.53. The minimum absolute atomic E-state index is 0.119. The summed E-state index contributed by atoms with van der Waals surface area (Å²) in [5.74, 6) is -1.08. The molecule has 0 spiro atoms. The molecule has 0 aromatic carbocycles. The van der Waals surface area contributed by atoms with Crippen molar-refractivity contribution >= 4 is 17.8 Å². The summed E-state index contributed by atoms with van der Waals surface area (Å²) in [6, 6.07) is 0. The standard InChI is InChI=1S/C18H21N3O4/c1-9-11-4-3-5-12-14(8-13(11)10(2)20-19-9)17(12)18(24)25-21-15(22)6-7-16(21)23/h12,14,17H,3-8H2,1-2H3/t12-,14?,17?/m0/s1. The lowest BCUT2D eigenvalue weighted by atomic mass is 9.92. The average Bonchev–Trinajstić information content (AvgIpc) is 3.14. The van der Waals surface area contributed by atoms with Crippen LogP contribution in [0.25, 0.3) is 0 Å². The van der Waals surface area contributed by atoms with Crippen molar-refractivity contribution in [3.63, 3.8) is 0 Å². The van der Waals surface area contributed by atoms with Crippen LogP contribution in [0.15, 0.2) is 0 Å². The van der Waals surface area contributed by atoms with Crippen LogP contribution in [0.2, 0.25) is 0 Å². The highest BCUT2D eigenvalue weighted by molar-refractivity contribution is 6.01. The number of imide groups is 1. The number of aromatic nitrogens is 2. The van der Waals surface area contributed by atoms with E-state index in [1.54, 1.807) is 0 Å². The van der Waals surface area contributed by atoms with Crippen LogP contribution in [0.3, 0.4) is 0 Å². The van der Waals surface area contributed by atoms with E-state index in [1.165, 1.54) is 11.1 Å². The summed E-state index contributed by atoms with van der Waals surface area (Å²) in [7, 11) is 0. The van der Waals surface area contributed by atoms with Crippen LogP contribution in [0.1, 0.15) is 48.2 Å². The second kappa shape index (κ2) is 5.89. The van der Waals surface area contributed by atoms with E-state index in [-0.39, 0.29) is 30.6 Å². The first-order valence-corrected chi connectivity index (χ1v) is 8.86. The van der Waals surface area contributed by atoms with Crippen LogP contribution in [-0.2, 0) is 32.1 Å². The zero-order valence-electron chi connectivity index (χ0n) is 14.4. The predicted octanol–water partition coefficient (Wildman–Crippen LogP) is 1.44. The first kappa shape index (κ1) is 16.2. The lowest BCUT2D eigenvalue weighted by molar-refractivity contribution is -0.199. The van der Waals surface area contributed by atoms with Gasteiger partial charge in [-0.1, -0.05) is 0 Å². The highest BCUT2D eigenvalue weighted by atomic mass is 16.7. The van der Waals surface area contributed by atoms with Crippen molar-refractivity contribution in [2.45, 2.75) is 52.4 Å². The fraction of sp³-hybridized carbons (Fsp3) is 0.611. The maximum Gasteiger partial charge on any atom is 0.336 e. The third kappa shape index (κ3) is 2.71. The molecule has 7 nitrogen and oxygen atoms in total. The van der Waals surface area contributed by atoms with Gasteiger partial charge in [0.2, 0.25) is 0 Å². The summed E-state index contributed by atoms with van der Waals surface area (Å²) in [6.45, 7) is 3.94. The SMILES string of the molecule is Cc1nnc(C)c2c1CCC[C@H]1C(C2)C1C(=O)ON1C(=O)CCC1=O. The van der Waals surface area contributed by atoms with Gasteiger partial charge in [-0.15, -0.1) is 5.06 Å². The molecule has 2 unspecified atom stereocenters. The number of fused-ring (bicyclic) bond motifs is 2. The topological polar surface area (TPSA) is 89.5 Å². The Bertz CT molecular complexity index is 760. The summed E-state index contributed by atoms with van der Waals surface area (Å²) in [5, 5.41) is 9.10. The average molecular weight is 343 g/mol. The molecular weight excluding hydrogens is 322 g/mol. The molecule has 1 saturated heterocycles. The number of hydrogen-bond donors (Lipinski definition) is 0. The van der Waals surface area contributed by atoms with Gasteiger partial charge in [-0.3, -0.25) is 9.59 Å². The Morgan fingerprint density at radius 2 is 1.64 bits per heavy atom. The van der Waals surface area contributed by atoms with Crippen LogP contribution in [0, 0.1) is 31.6 Å². The van der Waals surface area contributed by atoms with Gasteiger partial charge in [-0.05, 0) is 62.5 Å². The Balaban J connectivity index is 1.51. The predicted molar refractivity (Wildman–Crippen MR) is 85.8 cm³/mol. The molecule has 2 fully saturated rings. The molecule has 2 amide bonds. The lowest BCUT2D eigenvalue weighted by Gasteiger charge is -2.16. The summed E-state index contributed by atoms with van der Waals surface area (Å²) in [5.41, 5.74) is 4.35. The van der Waals surface area contributed by atoms with Crippen LogP contribution >= 0.6 is 0 Å². The minimum atomic E-state index is -0.446. The Kier molecular flexibility index (Phi) is 3.81. The number of amides is 2. The molecule has 4 rings (SSSR count). The smallest absolute Gasteiger partial charge is 0.330 e. The highest BCUT2D eigenvalue weighted by Gasteiger charge is 2.56. The second-order valence-corrected chi connectivity index (χ2v) is 7.27. The molecule has 25 heavy (non-hydrogen) atoms. The molecule has 1 aliphatic heterocycles. The maximum atomic E-state index is 12.5. The zero-order valence-corrected chi connectivity index (χ0v) is 14.4. The van der Waals surface area contributed by atoms with Gasteiger partial charge in [0.25, 0.3) is 11.8 Å². The molecule has 1 aromatic rings. The maximum absolute atomic E-state index is 12.5. The number of nitrogens with zero attached hydrogens (tertiary/aromatic N) is 3. The molecule has 1 saturated carbocycles. The number of hydrogen-bond acceptors (Lipinski definition) is 6. The van der Waals surface area contributed by atoms with Crippen molar-refractivity contribution in [2.75, 3.05) is 0 Å². The van der Waals surface area contributed by atoms with Gasteiger partial charge in [0.1, 0.15) is 0 Å². The van der Waals surface area contributed by atoms with Crippen molar-refractivity contribution < 1.29 is 19.2 Å². The van der Waals surface area contributed by atoms with Crippen LogP contribution in [0.4, 0.5) is 0 Å². The molecule has 3 atom stereocenters. The van der Waals surface area contributed by atoms with Gasteiger partial charge in [0, 0.05) is 12.8 Å². The quantitative estimate of drug-likeness (QED) is 0.755. The molecule has 7 heteroatoms. The van der Waals surface area contributed by atoms with E-state index in [1.807, 2.05) is 13.8 Å². The number of aryl methyl sites for hydroxylation is 2. The van der Waals surface area contributed by atoms with Crippen molar-refractivity contribution in [1.82, 2.24) is 15.3 Å². The third-order valence-electron chi connectivity index (χ3n) is 5.78. The van der Waals surface area contributed by atoms with E-state index in [4.69, 9.17) is 4.84 Å². The van der Waals surface area contributed by atoms with E-state index in [0.29, 0.717) is 5.06 Å². The van der Waals surface area contributed by atoms with E-state index in [2.05, 4.69) is 10.2 Å². The summed E-state index contributed by atoms with van der Waals surface area (Å²) < 4.78 is 0. The summed E-state index contributed by atoms with van der Waals surface area (Å²) in [4.78, 5) is 40.9. The first-order valence-electron chi connectivity index (χ1n) is 8.86. The van der Waals surface area contributed by atoms with Crippen LogP contribution < -0.4 is 0 Å². The molecule has 0 bridgehead atoms. The Hall–Kier alpha value is -2.31. The van der Waals surface area contributed by atoms with Crippen molar-refractivity contribution in [3.8, 4) is 0 Å². The number of carbonyl (C=O) groups is 3. The fourth-order valence-electron chi connectivity index (χ4n) is 4.34. The molecule has 1 aromatic heterocycles. The molecule has 3 aliphatic rings. The lowest BCUT2D eigenvalue weighted by Crippen LogP contribution is -2.33. The molecule has 2 heterocycles. The third-order valence-corrected chi connectivity index (χ3v) is 5.78. The molecule has 0 radical (unpaired) electrons. The van der Waals surface area contributed by atoms with Crippen molar-refractivity contribution in [3.05, 3.63) is 22.5 Å². The van der Waals surface area contributed by atoms with Crippen molar-refractivity contribution in [2.24, 2.45) is 17.8 Å². The number of rotatable bonds is 2. The van der Waals surface area contributed by atoms with Crippen LogP contribution in [-0.4, -0.2) is 33.0 Å². The normalized spacial score (nSPS) is 28.1. The fourth-order valence-corrected chi connectivity index (χ4v) is 4.34. The number of hydroxylamine groups is 2. The number of carbonyl (C=O) groups excluding carboxylic acids is 3. The Morgan fingerprint density at radius 3 is 2.32 bits per heavy atom. The van der Waals surface area contributed by atoms with E-state index in [0.717, 1.165) is 37.1 Å². The summed E-state index contributed by atoms with van der Waals surface area (Å²) in [6.07, 6.45) is 3.91. The first-order chi connectivity index (χ1) is 12.0. The zero-order chi connectivity index (χ0) is 17.7. The van der Waals surface area contributed by atoms with Crippen molar-refractivity contribution in [1.29, 1.82) is 0 Å². The Labute approximate surface area is 145 Å². The largest absolute Gasteiger partial charge is 0.336 e. The molecule has 2 aliphatic carbocycles. The van der Waals surface area contributed by atoms with Gasteiger partial charge in [-0.25, -0.2) is 4.79 Å². The van der Waals surface area contributed by atoms with Gasteiger partial charge in [-0.2, -0.15) is 10.2 Å². The van der Waals surface area contributed by atoms with Gasteiger partial charge >= 0.3 is 5.97 Å². The van der Waals surface area contributed by atoms with E-state index < -0.39 is 17.8 Å². The Morgan fingerprint density at radius 1 is 1.00 bits per heavy atom. The second-order valence-electron chi connectivity index (χ2n) is 7.27. The van der Waals surface area contributed by atoms with E-state index >= 15 is 0 Å². The minimum Gasteiger partial charge on any atom is -0.330 e. The molecule has 132 valence electrons.